The summed E-state index contributed by atoms with van der Waals surface area (Å²) in [6, 6.07) is 0.0311. The van der Waals surface area contributed by atoms with Gasteiger partial charge in [-0.15, -0.1) is 0 Å². The van der Waals surface area contributed by atoms with Crippen LogP contribution in [-0.4, -0.2) is 63.1 Å². The van der Waals surface area contributed by atoms with Gasteiger partial charge in [-0.05, 0) is 0 Å². The Kier molecular flexibility index (Phi) is 4.32. The Balaban J connectivity index is 2.28. The molecule has 6 N–H and O–H groups in total. The van der Waals surface area contributed by atoms with Crippen LogP contribution in [-0.2, 0) is 11.8 Å². The van der Waals surface area contributed by atoms with Crippen molar-refractivity contribution in [2.45, 2.75) is 24.5 Å². The minimum absolute atomic E-state index is 0.0311. The minimum Gasteiger partial charge on any atom is -0.468 e. The standard InChI is InChI=1S/C11H18N4O6/c1-15-10(19)5(8(12)14-11(15)20-2)13-9-7(18)6(17)4(16)3-21-9/h4,6-7,9,13,16-18H,3,12H2,1-2H3/t4-,6+,7-,9?/m0/s1. The molecule has 21 heavy (non-hydrogen) atoms. The highest BCUT2D eigenvalue weighted by Crippen LogP contribution is 2.20. The van der Waals surface area contributed by atoms with E-state index in [0.717, 1.165) is 4.57 Å². The molecule has 10 heteroatoms. The Morgan fingerprint density at radius 1 is 1.43 bits per heavy atom. The summed E-state index contributed by atoms with van der Waals surface area (Å²) in [7, 11) is 2.79. The van der Waals surface area contributed by atoms with Gasteiger partial charge in [0.05, 0.1) is 13.7 Å². The van der Waals surface area contributed by atoms with Crippen molar-refractivity contribution in [1.29, 1.82) is 0 Å². The van der Waals surface area contributed by atoms with Crippen molar-refractivity contribution >= 4 is 11.5 Å². The Morgan fingerprint density at radius 3 is 2.71 bits per heavy atom. The number of rotatable bonds is 3. The van der Waals surface area contributed by atoms with Crippen LogP contribution in [0.4, 0.5) is 11.5 Å². The van der Waals surface area contributed by atoms with E-state index < -0.39 is 30.1 Å². The summed E-state index contributed by atoms with van der Waals surface area (Å²) in [5.74, 6) is -0.133. The molecule has 2 heterocycles. The molecule has 0 aromatic carbocycles. The van der Waals surface area contributed by atoms with Gasteiger partial charge in [-0.1, -0.05) is 0 Å². The quantitative estimate of drug-likeness (QED) is 0.399. The first-order valence-electron chi connectivity index (χ1n) is 6.19. The number of ether oxygens (including phenoxy) is 2. The van der Waals surface area contributed by atoms with E-state index in [4.69, 9.17) is 15.2 Å². The lowest BCUT2D eigenvalue weighted by Gasteiger charge is -2.35. The van der Waals surface area contributed by atoms with Gasteiger partial charge in [0.2, 0.25) is 0 Å². The van der Waals surface area contributed by atoms with E-state index in [1.807, 2.05) is 0 Å². The highest BCUT2D eigenvalue weighted by atomic mass is 16.5. The number of nitrogens with two attached hydrogens (primary N) is 1. The molecule has 0 radical (unpaired) electrons. The Hall–Kier alpha value is -1.88. The van der Waals surface area contributed by atoms with Crippen LogP contribution in [0.15, 0.2) is 4.79 Å². The van der Waals surface area contributed by atoms with Crippen LogP contribution in [0.3, 0.4) is 0 Å². The number of aliphatic hydroxyl groups excluding tert-OH is 3. The summed E-state index contributed by atoms with van der Waals surface area (Å²) in [4.78, 5) is 16.0. The zero-order valence-electron chi connectivity index (χ0n) is 11.6. The van der Waals surface area contributed by atoms with Crippen molar-refractivity contribution in [3.63, 3.8) is 0 Å². The van der Waals surface area contributed by atoms with Crippen molar-refractivity contribution in [2.75, 3.05) is 24.8 Å². The molecule has 1 aromatic heterocycles. The SMILES string of the molecule is COc1nc(N)c(NC2OC[C@H](O)[C@@H](O)[C@@H]2O)c(=O)n1C. The van der Waals surface area contributed by atoms with Crippen LogP contribution >= 0.6 is 0 Å². The zero-order valence-corrected chi connectivity index (χ0v) is 11.6. The second-order valence-electron chi connectivity index (χ2n) is 4.67. The first-order valence-corrected chi connectivity index (χ1v) is 6.19. The van der Waals surface area contributed by atoms with Crippen molar-refractivity contribution in [1.82, 2.24) is 9.55 Å². The second kappa shape index (κ2) is 5.85. The number of aromatic nitrogens is 2. The fourth-order valence-corrected chi connectivity index (χ4v) is 1.99. The molecule has 1 fully saturated rings. The first-order chi connectivity index (χ1) is 9.86. The normalized spacial score (nSPS) is 29.2. The van der Waals surface area contributed by atoms with Crippen LogP contribution in [0, 0.1) is 0 Å². The zero-order chi connectivity index (χ0) is 15.7. The molecule has 118 valence electrons. The molecule has 0 amide bonds. The van der Waals surface area contributed by atoms with Crippen molar-refractivity contribution < 1.29 is 24.8 Å². The number of hydrogen-bond donors (Lipinski definition) is 5. The summed E-state index contributed by atoms with van der Waals surface area (Å²) in [5.41, 5.74) is 5.05. The van der Waals surface area contributed by atoms with E-state index in [2.05, 4.69) is 10.3 Å². The van der Waals surface area contributed by atoms with E-state index in [9.17, 15) is 20.1 Å². The third kappa shape index (κ3) is 2.78. The maximum atomic E-state index is 12.1. The number of hydrogen-bond acceptors (Lipinski definition) is 9. The number of aliphatic hydroxyl groups is 3. The summed E-state index contributed by atoms with van der Waals surface area (Å²) < 4.78 is 11.2. The third-order valence-electron chi connectivity index (χ3n) is 3.25. The van der Waals surface area contributed by atoms with Gasteiger partial charge in [0, 0.05) is 7.05 Å². The monoisotopic (exact) mass is 302 g/mol. The number of nitrogens with zero attached hydrogens (tertiary/aromatic N) is 2. The molecular formula is C11H18N4O6. The number of nitrogens with one attached hydrogen (secondary N) is 1. The maximum Gasteiger partial charge on any atom is 0.300 e. The van der Waals surface area contributed by atoms with E-state index in [1.165, 1.54) is 14.2 Å². The molecule has 1 aromatic rings. The van der Waals surface area contributed by atoms with Crippen LogP contribution in [0.5, 0.6) is 6.01 Å². The Labute approximate surface area is 119 Å². The van der Waals surface area contributed by atoms with Crippen LogP contribution < -0.4 is 21.3 Å². The van der Waals surface area contributed by atoms with E-state index in [0.29, 0.717) is 0 Å². The summed E-state index contributed by atoms with van der Waals surface area (Å²) in [5, 5.41) is 31.4. The largest absolute Gasteiger partial charge is 0.468 e. The predicted octanol–water partition coefficient (Wildman–Crippen LogP) is -2.78. The molecular weight excluding hydrogens is 284 g/mol. The van der Waals surface area contributed by atoms with E-state index in [-0.39, 0.29) is 24.1 Å². The van der Waals surface area contributed by atoms with Gasteiger partial charge in [0.15, 0.2) is 12.0 Å². The predicted molar refractivity (Wildman–Crippen MR) is 71.8 cm³/mol. The topological polar surface area (TPSA) is 152 Å². The molecule has 2 rings (SSSR count). The molecule has 0 saturated carbocycles. The Bertz CT molecular complexity index is 577. The number of nitrogen functional groups attached to an aromatic ring is 1. The average molecular weight is 302 g/mol. The maximum absolute atomic E-state index is 12.1. The molecule has 10 nitrogen and oxygen atoms in total. The van der Waals surface area contributed by atoms with E-state index in [1.54, 1.807) is 0 Å². The van der Waals surface area contributed by atoms with Crippen molar-refractivity contribution in [3.8, 4) is 6.01 Å². The second-order valence-corrected chi connectivity index (χ2v) is 4.67. The van der Waals surface area contributed by atoms with Gasteiger partial charge in [-0.25, -0.2) is 0 Å². The summed E-state index contributed by atoms with van der Waals surface area (Å²) in [6.07, 6.45) is -5.13. The highest BCUT2D eigenvalue weighted by molar-refractivity contribution is 5.61. The average Bonchev–Trinajstić information content (AvgIpc) is 2.47. The van der Waals surface area contributed by atoms with E-state index >= 15 is 0 Å². The smallest absolute Gasteiger partial charge is 0.300 e. The molecule has 4 atom stereocenters. The molecule has 0 bridgehead atoms. The van der Waals surface area contributed by atoms with Crippen molar-refractivity contribution in [3.05, 3.63) is 10.4 Å². The lowest BCUT2D eigenvalue weighted by atomic mass is 10.0. The number of anilines is 2. The van der Waals surface area contributed by atoms with Gasteiger partial charge < -0.3 is 35.8 Å². The van der Waals surface area contributed by atoms with Crippen LogP contribution in [0.1, 0.15) is 0 Å². The number of methoxy groups -OCH3 is 1. The Morgan fingerprint density at radius 2 is 2.10 bits per heavy atom. The third-order valence-corrected chi connectivity index (χ3v) is 3.25. The van der Waals surface area contributed by atoms with Gasteiger partial charge in [0.25, 0.3) is 5.56 Å². The van der Waals surface area contributed by atoms with Crippen LogP contribution in [0.2, 0.25) is 0 Å². The fraction of sp³-hybridized carbons (Fsp3) is 0.636. The molecule has 1 saturated heterocycles. The molecule has 0 aliphatic carbocycles. The molecule has 0 spiro atoms. The lowest BCUT2D eigenvalue weighted by Crippen LogP contribution is -2.56. The van der Waals surface area contributed by atoms with Gasteiger partial charge in [0.1, 0.15) is 24.0 Å². The van der Waals surface area contributed by atoms with Crippen molar-refractivity contribution in [2.24, 2.45) is 7.05 Å². The van der Waals surface area contributed by atoms with Crippen LogP contribution in [0.25, 0.3) is 0 Å². The summed E-state index contributed by atoms with van der Waals surface area (Å²) >= 11 is 0. The lowest BCUT2D eigenvalue weighted by molar-refractivity contribution is -0.178. The fourth-order valence-electron chi connectivity index (χ4n) is 1.99. The van der Waals surface area contributed by atoms with Gasteiger partial charge >= 0.3 is 6.01 Å². The van der Waals surface area contributed by atoms with Gasteiger partial charge in [-0.3, -0.25) is 9.36 Å². The molecule has 1 aliphatic heterocycles. The molecule has 1 unspecified atom stereocenters. The first kappa shape index (κ1) is 15.5. The minimum atomic E-state index is -1.43. The summed E-state index contributed by atoms with van der Waals surface area (Å²) in [6.45, 7) is -0.195. The molecule has 1 aliphatic rings. The van der Waals surface area contributed by atoms with Gasteiger partial charge in [-0.2, -0.15) is 4.98 Å². The highest BCUT2D eigenvalue weighted by Gasteiger charge is 2.38.